The normalized spacial score (nSPS) is 15.0. The predicted octanol–water partition coefficient (Wildman–Crippen LogP) is 2.13. The molecule has 1 heterocycles. The van der Waals surface area contributed by atoms with Gasteiger partial charge in [0.1, 0.15) is 6.54 Å². The highest BCUT2D eigenvalue weighted by molar-refractivity contribution is 8.00. The third kappa shape index (κ3) is 3.60. The van der Waals surface area contributed by atoms with Gasteiger partial charge in [-0.05, 0) is 26.0 Å². The zero-order chi connectivity index (χ0) is 16.1. The molecule has 0 N–H and O–H groups in total. The summed E-state index contributed by atoms with van der Waals surface area (Å²) in [6.07, 6.45) is 0. The summed E-state index contributed by atoms with van der Waals surface area (Å²) in [4.78, 5) is 28.8. The Hall–Kier alpha value is -2.00. The summed E-state index contributed by atoms with van der Waals surface area (Å²) >= 11 is 1.50. The van der Waals surface area contributed by atoms with Crippen molar-refractivity contribution in [2.24, 2.45) is 5.92 Å². The van der Waals surface area contributed by atoms with Gasteiger partial charge in [-0.2, -0.15) is 5.26 Å². The fourth-order valence-corrected chi connectivity index (χ4v) is 3.28. The molecule has 0 fully saturated rings. The maximum atomic E-state index is 12.5. The van der Waals surface area contributed by atoms with Crippen LogP contribution in [-0.2, 0) is 9.59 Å². The van der Waals surface area contributed by atoms with Gasteiger partial charge >= 0.3 is 0 Å². The van der Waals surface area contributed by atoms with E-state index in [1.54, 1.807) is 16.7 Å². The van der Waals surface area contributed by atoms with Crippen molar-refractivity contribution in [1.29, 1.82) is 5.26 Å². The molecule has 2 rings (SSSR count). The van der Waals surface area contributed by atoms with E-state index in [0.717, 1.165) is 10.6 Å². The topological polar surface area (TPSA) is 64.4 Å². The van der Waals surface area contributed by atoms with E-state index < -0.39 is 0 Å². The third-order valence-electron chi connectivity index (χ3n) is 3.55. The number of thioether (sulfide) groups is 1. The summed E-state index contributed by atoms with van der Waals surface area (Å²) in [5, 5.41) is 8.90. The number of likely N-dealkylation sites (N-methyl/N-ethyl adjacent to an activating group) is 1. The van der Waals surface area contributed by atoms with Gasteiger partial charge in [0.05, 0.1) is 23.4 Å². The number of fused-ring (bicyclic) bond motifs is 1. The van der Waals surface area contributed by atoms with Crippen molar-refractivity contribution in [1.82, 2.24) is 4.90 Å². The van der Waals surface area contributed by atoms with Crippen LogP contribution in [0.4, 0.5) is 5.69 Å². The van der Waals surface area contributed by atoms with Gasteiger partial charge in [-0.15, -0.1) is 11.8 Å². The molecule has 0 unspecified atom stereocenters. The number of anilines is 1. The van der Waals surface area contributed by atoms with Crippen LogP contribution in [0.3, 0.4) is 0 Å². The first-order chi connectivity index (χ1) is 10.6. The Balaban J connectivity index is 2.13. The molecule has 6 heteroatoms. The molecule has 1 aliphatic heterocycles. The van der Waals surface area contributed by atoms with E-state index in [0.29, 0.717) is 18.8 Å². The number of para-hydroxylation sites is 1. The molecule has 1 aliphatic rings. The van der Waals surface area contributed by atoms with Gasteiger partial charge in [0.25, 0.3) is 0 Å². The van der Waals surface area contributed by atoms with Crippen LogP contribution in [0.2, 0.25) is 0 Å². The van der Waals surface area contributed by atoms with Gasteiger partial charge in [-0.1, -0.05) is 12.1 Å². The average molecular weight is 317 g/mol. The van der Waals surface area contributed by atoms with Crippen molar-refractivity contribution in [3.05, 3.63) is 24.3 Å². The smallest absolute Gasteiger partial charge is 0.242 e. The highest BCUT2D eigenvalue weighted by Crippen LogP contribution is 2.34. The number of nitrogens with zero attached hydrogens (tertiary/aromatic N) is 3. The fourth-order valence-electron chi connectivity index (χ4n) is 2.34. The number of hydrogen-bond donors (Lipinski definition) is 0. The molecule has 0 aromatic heterocycles. The van der Waals surface area contributed by atoms with Crippen molar-refractivity contribution in [3.63, 3.8) is 0 Å². The van der Waals surface area contributed by atoms with Crippen molar-refractivity contribution >= 4 is 29.3 Å². The number of benzene rings is 1. The Morgan fingerprint density at radius 2 is 2.23 bits per heavy atom. The van der Waals surface area contributed by atoms with Crippen molar-refractivity contribution < 1.29 is 9.59 Å². The zero-order valence-electron chi connectivity index (χ0n) is 12.8. The van der Waals surface area contributed by atoms with Crippen LogP contribution in [0.15, 0.2) is 29.2 Å². The van der Waals surface area contributed by atoms with Gasteiger partial charge < -0.3 is 9.80 Å². The Kier molecular flexibility index (Phi) is 5.45. The highest BCUT2D eigenvalue weighted by Gasteiger charge is 2.27. The number of amides is 2. The maximum Gasteiger partial charge on any atom is 0.242 e. The summed E-state index contributed by atoms with van der Waals surface area (Å²) in [6.45, 7) is 4.62. The monoisotopic (exact) mass is 317 g/mol. The molecule has 116 valence electrons. The second-order valence-corrected chi connectivity index (χ2v) is 6.22. The average Bonchev–Trinajstić information content (AvgIpc) is 2.54. The molecule has 1 aromatic rings. The fraction of sp³-hybridized carbons (Fsp3) is 0.438. The van der Waals surface area contributed by atoms with E-state index in [-0.39, 0.29) is 24.3 Å². The zero-order valence-corrected chi connectivity index (χ0v) is 13.6. The second kappa shape index (κ2) is 7.32. The first kappa shape index (κ1) is 16.4. The molecule has 0 saturated heterocycles. The number of rotatable bonds is 5. The standard InChI is InChI=1S/C16H19N3O2S/c1-3-18(9-12(2)8-17)15(20)10-19-13-6-4-5-7-14(13)22-11-16(19)21/h4-7,12H,3,9-11H2,1-2H3/t12-/m0/s1. The van der Waals surface area contributed by atoms with Crippen LogP contribution in [0.5, 0.6) is 0 Å². The quantitative estimate of drug-likeness (QED) is 0.834. The number of carbonyl (C=O) groups is 2. The summed E-state index contributed by atoms with van der Waals surface area (Å²) in [5.41, 5.74) is 0.793. The lowest BCUT2D eigenvalue weighted by molar-refractivity contribution is -0.131. The van der Waals surface area contributed by atoms with Gasteiger partial charge in [-0.3, -0.25) is 9.59 Å². The lowest BCUT2D eigenvalue weighted by Gasteiger charge is -2.31. The van der Waals surface area contributed by atoms with E-state index in [4.69, 9.17) is 5.26 Å². The van der Waals surface area contributed by atoms with Gasteiger partial charge in [0.2, 0.25) is 11.8 Å². The molecule has 0 bridgehead atoms. The highest BCUT2D eigenvalue weighted by atomic mass is 32.2. The molecule has 5 nitrogen and oxygen atoms in total. The van der Waals surface area contributed by atoms with Gasteiger partial charge in [0.15, 0.2) is 0 Å². The molecule has 2 amide bonds. The SMILES string of the molecule is CCN(C[C@@H](C)C#N)C(=O)CN1C(=O)CSc2ccccc21. The minimum atomic E-state index is -0.219. The van der Waals surface area contributed by atoms with E-state index in [1.807, 2.05) is 31.2 Å². The Morgan fingerprint density at radius 1 is 1.50 bits per heavy atom. The molecule has 0 spiro atoms. The van der Waals surface area contributed by atoms with E-state index in [2.05, 4.69) is 6.07 Å². The predicted molar refractivity (Wildman–Crippen MR) is 86.6 cm³/mol. The van der Waals surface area contributed by atoms with E-state index in [9.17, 15) is 9.59 Å². The molecular weight excluding hydrogens is 298 g/mol. The molecule has 0 aliphatic carbocycles. The number of hydrogen-bond acceptors (Lipinski definition) is 4. The van der Waals surface area contributed by atoms with Crippen LogP contribution >= 0.6 is 11.8 Å². The second-order valence-electron chi connectivity index (χ2n) is 5.20. The third-order valence-corrected chi connectivity index (χ3v) is 4.60. The number of carbonyl (C=O) groups excluding carboxylic acids is 2. The summed E-state index contributed by atoms with van der Waals surface area (Å²) in [5.74, 6) is -0.0461. The summed E-state index contributed by atoms with van der Waals surface area (Å²) in [7, 11) is 0. The lowest BCUT2D eigenvalue weighted by Crippen LogP contribution is -2.46. The molecule has 1 aromatic carbocycles. The van der Waals surface area contributed by atoms with Crippen LogP contribution < -0.4 is 4.90 Å². The minimum absolute atomic E-state index is 0.0302. The van der Waals surface area contributed by atoms with E-state index in [1.165, 1.54) is 11.8 Å². The van der Waals surface area contributed by atoms with Gasteiger partial charge in [0, 0.05) is 18.0 Å². The molecule has 22 heavy (non-hydrogen) atoms. The van der Waals surface area contributed by atoms with E-state index >= 15 is 0 Å². The van der Waals surface area contributed by atoms with Crippen molar-refractivity contribution in [3.8, 4) is 6.07 Å². The van der Waals surface area contributed by atoms with Crippen LogP contribution in [0, 0.1) is 17.2 Å². The largest absolute Gasteiger partial charge is 0.340 e. The molecule has 1 atom stereocenters. The van der Waals surface area contributed by atoms with Gasteiger partial charge in [-0.25, -0.2) is 0 Å². The van der Waals surface area contributed by atoms with Crippen LogP contribution in [-0.4, -0.2) is 42.1 Å². The van der Waals surface area contributed by atoms with Crippen molar-refractivity contribution in [2.45, 2.75) is 18.7 Å². The Morgan fingerprint density at radius 3 is 2.91 bits per heavy atom. The summed E-state index contributed by atoms with van der Waals surface area (Å²) in [6, 6.07) is 9.75. The first-order valence-corrected chi connectivity index (χ1v) is 8.25. The molecule has 0 saturated carbocycles. The molecule has 0 radical (unpaired) electrons. The minimum Gasteiger partial charge on any atom is -0.340 e. The maximum absolute atomic E-state index is 12.5. The first-order valence-electron chi connectivity index (χ1n) is 7.26. The Labute approximate surface area is 134 Å². The lowest BCUT2D eigenvalue weighted by atomic mass is 10.2. The van der Waals surface area contributed by atoms with Crippen LogP contribution in [0.1, 0.15) is 13.8 Å². The van der Waals surface area contributed by atoms with Crippen LogP contribution in [0.25, 0.3) is 0 Å². The summed E-state index contributed by atoms with van der Waals surface area (Å²) < 4.78 is 0. The number of nitriles is 1. The van der Waals surface area contributed by atoms with Crippen molar-refractivity contribution in [2.75, 3.05) is 30.3 Å². The molecular formula is C16H19N3O2S. The Bertz CT molecular complexity index is 612.